The summed E-state index contributed by atoms with van der Waals surface area (Å²) in [6.07, 6.45) is 4.11. The van der Waals surface area contributed by atoms with Crippen LogP contribution in [0.2, 0.25) is 0 Å². The fourth-order valence-corrected chi connectivity index (χ4v) is 3.50. The van der Waals surface area contributed by atoms with E-state index >= 15 is 0 Å². The molecule has 0 aliphatic rings. The molecule has 0 bridgehead atoms. The maximum absolute atomic E-state index is 11.9. The Morgan fingerprint density at radius 3 is 2.10 bits per heavy atom. The van der Waals surface area contributed by atoms with Crippen LogP contribution in [0.15, 0.2) is 6.20 Å². The quantitative estimate of drug-likeness (QED) is 0.316. The molecule has 0 saturated carbocycles. The molecule has 0 fully saturated rings. The van der Waals surface area contributed by atoms with Crippen molar-refractivity contribution >= 4 is 24.2 Å². The van der Waals surface area contributed by atoms with Crippen molar-refractivity contribution in [2.45, 2.75) is 45.4 Å². The topological polar surface area (TPSA) is 128 Å². The molecule has 0 amide bonds. The Bertz CT molecular complexity index is 955. The van der Waals surface area contributed by atoms with Crippen molar-refractivity contribution in [3.8, 4) is 0 Å². The van der Waals surface area contributed by atoms with E-state index in [1.807, 2.05) is 13.1 Å². The fourth-order valence-electron chi connectivity index (χ4n) is 3.50. The number of rotatable bonds is 11. The molecule has 9 nitrogen and oxygen atoms in total. The molecule has 0 aliphatic carbocycles. The summed E-state index contributed by atoms with van der Waals surface area (Å²) in [6, 6.07) is 0. The third-order valence-electron chi connectivity index (χ3n) is 5.35. The predicted molar refractivity (Wildman–Crippen MR) is 111 cm³/mol. The first-order chi connectivity index (χ1) is 14.8. The number of aryl methyl sites for hydroxylation is 1. The number of nitrogens with one attached hydrogen (secondary N) is 2. The summed E-state index contributed by atoms with van der Waals surface area (Å²) >= 11 is 0. The standard InChI is InChI=1S/C22H28N2O7/c1-13-14(5-7-20(26)29-2)11-23-17(13)10-18-15(6-8-21(27)30-3)16(9-22(28)31-4)19(12-25)24-18/h11-12,23-24H,5-10H2,1-4H3. The second-order valence-electron chi connectivity index (χ2n) is 7.09. The van der Waals surface area contributed by atoms with Crippen molar-refractivity contribution < 1.29 is 33.4 Å². The van der Waals surface area contributed by atoms with E-state index in [0.29, 0.717) is 31.1 Å². The van der Waals surface area contributed by atoms with Crippen LogP contribution in [0.3, 0.4) is 0 Å². The van der Waals surface area contributed by atoms with Gasteiger partial charge in [0, 0.05) is 36.8 Å². The highest BCUT2D eigenvalue weighted by Gasteiger charge is 2.22. The molecule has 168 valence electrons. The summed E-state index contributed by atoms with van der Waals surface area (Å²) in [5, 5.41) is 0. The molecule has 2 aromatic rings. The van der Waals surface area contributed by atoms with Gasteiger partial charge in [0.1, 0.15) is 0 Å². The number of aromatic nitrogens is 2. The van der Waals surface area contributed by atoms with E-state index in [-0.39, 0.29) is 36.9 Å². The molecule has 0 saturated heterocycles. The molecule has 0 radical (unpaired) electrons. The van der Waals surface area contributed by atoms with Gasteiger partial charge >= 0.3 is 17.9 Å². The van der Waals surface area contributed by atoms with E-state index in [1.165, 1.54) is 21.3 Å². The summed E-state index contributed by atoms with van der Waals surface area (Å²) in [5.41, 5.74) is 5.17. The minimum Gasteiger partial charge on any atom is -0.469 e. The van der Waals surface area contributed by atoms with Crippen LogP contribution in [0, 0.1) is 6.92 Å². The summed E-state index contributed by atoms with van der Waals surface area (Å²) in [4.78, 5) is 53.0. The summed E-state index contributed by atoms with van der Waals surface area (Å²) in [5.74, 6) is -1.14. The zero-order chi connectivity index (χ0) is 23.0. The molecule has 0 aliphatic heterocycles. The van der Waals surface area contributed by atoms with Crippen LogP contribution in [-0.2, 0) is 54.3 Å². The van der Waals surface area contributed by atoms with Gasteiger partial charge in [-0.05, 0) is 42.0 Å². The first-order valence-electron chi connectivity index (χ1n) is 9.88. The van der Waals surface area contributed by atoms with Crippen molar-refractivity contribution in [1.82, 2.24) is 9.97 Å². The average molecular weight is 432 g/mol. The van der Waals surface area contributed by atoms with Crippen LogP contribution in [0.25, 0.3) is 0 Å². The smallest absolute Gasteiger partial charge is 0.310 e. The first-order valence-corrected chi connectivity index (χ1v) is 9.88. The van der Waals surface area contributed by atoms with Gasteiger partial charge < -0.3 is 24.2 Å². The van der Waals surface area contributed by atoms with Crippen molar-refractivity contribution in [3.05, 3.63) is 45.5 Å². The van der Waals surface area contributed by atoms with Gasteiger partial charge in [-0.1, -0.05) is 0 Å². The summed E-state index contributed by atoms with van der Waals surface area (Å²) in [6.45, 7) is 1.95. The Kier molecular flexibility index (Phi) is 8.60. The number of hydrogen-bond donors (Lipinski definition) is 2. The number of esters is 3. The van der Waals surface area contributed by atoms with Crippen LogP contribution >= 0.6 is 0 Å². The number of hydrogen-bond acceptors (Lipinski definition) is 7. The van der Waals surface area contributed by atoms with E-state index in [0.717, 1.165) is 28.1 Å². The van der Waals surface area contributed by atoms with Gasteiger partial charge in [-0.25, -0.2) is 0 Å². The Labute approximate surface area is 180 Å². The molecule has 9 heteroatoms. The maximum Gasteiger partial charge on any atom is 0.310 e. The zero-order valence-electron chi connectivity index (χ0n) is 18.3. The SMILES string of the molecule is COC(=O)CCc1c[nH]c(Cc2[nH]c(C=O)c(CC(=O)OC)c2CCC(=O)OC)c1C. The van der Waals surface area contributed by atoms with E-state index in [9.17, 15) is 19.2 Å². The second-order valence-corrected chi connectivity index (χ2v) is 7.09. The third-order valence-corrected chi connectivity index (χ3v) is 5.35. The largest absolute Gasteiger partial charge is 0.469 e. The molecule has 0 unspecified atom stereocenters. The molecular formula is C22H28N2O7. The number of aldehydes is 1. The molecule has 2 aromatic heterocycles. The number of carbonyl (C=O) groups excluding carboxylic acids is 4. The van der Waals surface area contributed by atoms with Crippen LogP contribution in [0.5, 0.6) is 0 Å². The van der Waals surface area contributed by atoms with Crippen LogP contribution in [-0.4, -0.2) is 55.5 Å². The van der Waals surface area contributed by atoms with Gasteiger partial charge in [-0.15, -0.1) is 0 Å². The lowest BCUT2D eigenvalue weighted by molar-refractivity contribution is -0.141. The lowest BCUT2D eigenvalue weighted by atomic mass is 9.98. The number of H-pyrrole nitrogens is 2. The van der Waals surface area contributed by atoms with Crippen LogP contribution in [0.4, 0.5) is 0 Å². The molecule has 2 rings (SSSR count). The number of carbonyl (C=O) groups is 4. The van der Waals surface area contributed by atoms with Gasteiger partial charge in [0.05, 0.1) is 33.4 Å². The van der Waals surface area contributed by atoms with E-state index in [1.54, 1.807) is 0 Å². The number of aromatic amines is 2. The fraction of sp³-hybridized carbons (Fsp3) is 0.455. The van der Waals surface area contributed by atoms with E-state index < -0.39 is 5.97 Å². The minimum atomic E-state index is -0.478. The van der Waals surface area contributed by atoms with Gasteiger partial charge in [-0.2, -0.15) is 0 Å². The highest BCUT2D eigenvalue weighted by molar-refractivity contribution is 5.82. The zero-order valence-corrected chi connectivity index (χ0v) is 18.3. The Morgan fingerprint density at radius 2 is 1.52 bits per heavy atom. The maximum atomic E-state index is 11.9. The predicted octanol–water partition coefficient (Wildman–Crippen LogP) is 1.98. The third kappa shape index (κ3) is 6.07. The minimum absolute atomic E-state index is 0.0777. The van der Waals surface area contributed by atoms with Gasteiger partial charge in [0.15, 0.2) is 6.29 Å². The Morgan fingerprint density at radius 1 is 0.903 bits per heavy atom. The van der Waals surface area contributed by atoms with Crippen molar-refractivity contribution in [2.24, 2.45) is 0 Å². The summed E-state index contributed by atoms with van der Waals surface area (Å²) in [7, 11) is 3.95. The molecular weight excluding hydrogens is 404 g/mol. The molecule has 2 N–H and O–H groups in total. The van der Waals surface area contributed by atoms with Gasteiger partial charge in [0.25, 0.3) is 0 Å². The monoisotopic (exact) mass is 432 g/mol. The molecule has 2 heterocycles. The number of ether oxygens (including phenoxy) is 3. The van der Waals surface area contributed by atoms with E-state index in [2.05, 4.69) is 9.97 Å². The lowest BCUT2D eigenvalue weighted by Crippen LogP contribution is -2.09. The molecule has 0 atom stereocenters. The van der Waals surface area contributed by atoms with Crippen molar-refractivity contribution in [1.29, 1.82) is 0 Å². The highest BCUT2D eigenvalue weighted by Crippen LogP contribution is 2.26. The average Bonchev–Trinajstić information content (AvgIpc) is 3.29. The Hall–Kier alpha value is -3.36. The molecule has 31 heavy (non-hydrogen) atoms. The molecule has 0 spiro atoms. The van der Waals surface area contributed by atoms with Crippen molar-refractivity contribution in [3.63, 3.8) is 0 Å². The van der Waals surface area contributed by atoms with Gasteiger partial charge in [0.2, 0.25) is 0 Å². The van der Waals surface area contributed by atoms with Crippen LogP contribution < -0.4 is 0 Å². The highest BCUT2D eigenvalue weighted by atomic mass is 16.5. The Balaban J connectivity index is 2.35. The first kappa shape index (κ1) is 23.9. The normalized spacial score (nSPS) is 10.6. The number of methoxy groups -OCH3 is 3. The summed E-state index contributed by atoms with van der Waals surface area (Å²) < 4.78 is 14.2. The van der Waals surface area contributed by atoms with Crippen molar-refractivity contribution in [2.75, 3.05) is 21.3 Å². The second kappa shape index (κ2) is 11.1. The van der Waals surface area contributed by atoms with Crippen LogP contribution in [0.1, 0.15) is 57.0 Å². The van der Waals surface area contributed by atoms with Gasteiger partial charge in [-0.3, -0.25) is 19.2 Å². The molecule has 0 aromatic carbocycles. The van der Waals surface area contributed by atoms with E-state index in [4.69, 9.17) is 14.2 Å². The lowest BCUT2D eigenvalue weighted by Gasteiger charge is -2.08.